The Hall–Kier alpha value is -2.47. The summed E-state index contributed by atoms with van der Waals surface area (Å²) in [6, 6.07) is 8.04. The molecule has 0 aliphatic rings. The molecule has 4 N–H and O–H groups in total. The first kappa shape index (κ1) is 12.6. The molecule has 0 amide bonds. The van der Waals surface area contributed by atoms with Gasteiger partial charge in [-0.15, -0.1) is 0 Å². The summed E-state index contributed by atoms with van der Waals surface area (Å²) < 4.78 is 1.94. The lowest BCUT2D eigenvalue weighted by Gasteiger charge is -2.08. The Balaban J connectivity index is 2.01. The molecule has 3 aromatic rings. The number of aromatic amines is 1. The zero-order valence-corrected chi connectivity index (χ0v) is 11.0. The van der Waals surface area contributed by atoms with Crippen LogP contribution >= 0.6 is 0 Å². The first-order chi connectivity index (χ1) is 9.79. The number of rotatable bonds is 4. The van der Waals surface area contributed by atoms with Crippen molar-refractivity contribution in [3.05, 3.63) is 48.0 Å². The molecule has 6 heteroatoms. The average Bonchev–Trinajstić information content (AvgIpc) is 2.95. The third kappa shape index (κ3) is 2.21. The van der Waals surface area contributed by atoms with Crippen LogP contribution in [0, 0.1) is 0 Å². The van der Waals surface area contributed by atoms with Gasteiger partial charge in [0.25, 0.3) is 5.65 Å². The minimum atomic E-state index is 0.138. The van der Waals surface area contributed by atoms with E-state index >= 15 is 0 Å². The summed E-state index contributed by atoms with van der Waals surface area (Å²) in [4.78, 5) is 11.5. The Bertz CT molecular complexity index is 737. The predicted octanol–water partition coefficient (Wildman–Crippen LogP) is 0.411. The number of nitrogens with one attached hydrogen (secondary N) is 1. The average molecular weight is 270 g/mol. The number of nitrogen functional groups attached to an aromatic ring is 1. The van der Waals surface area contributed by atoms with E-state index in [-0.39, 0.29) is 6.61 Å². The molecule has 0 saturated heterocycles. The Morgan fingerprint density at radius 2 is 2.00 bits per heavy atom. The number of hydrogen-bond acceptors (Lipinski definition) is 4. The number of aromatic nitrogens is 4. The molecule has 0 aliphatic carbocycles. The van der Waals surface area contributed by atoms with Gasteiger partial charge in [0, 0.05) is 6.61 Å². The molecule has 3 rings (SSSR count). The van der Waals surface area contributed by atoms with Crippen LogP contribution in [-0.4, -0.2) is 26.7 Å². The molecule has 0 aliphatic heterocycles. The van der Waals surface area contributed by atoms with Gasteiger partial charge in [-0.2, -0.15) is 0 Å². The number of H-pyrrole nitrogens is 1. The second-order valence-corrected chi connectivity index (χ2v) is 4.60. The zero-order valence-electron chi connectivity index (χ0n) is 11.0. The highest BCUT2D eigenvalue weighted by Gasteiger charge is 2.15. The third-order valence-corrected chi connectivity index (χ3v) is 3.32. The van der Waals surface area contributed by atoms with Crippen LogP contribution in [0.2, 0.25) is 0 Å². The van der Waals surface area contributed by atoms with Crippen molar-refractivity contribution in [3.8, 4) is 0 Å². The van der Waals surface area contributed by atoms with Crippen molar-refractivity contribution in [1.29, 1.82) is 0 Å². The minimum Gasteiger partial charge on any atom is -0.396 e. The Morgan fingerprint density at radius 1 is 1.20 bits per heavy atom. The number of anilines is 1. The van der Waals surface area contributed by atoms with E-state index in [1.807, 2.05) is 28.8 Å². The summed E-state index contributed by atoms with van der Waals surface area (Å²) in [5.41, 5.74) is 9.60. The number of nitrogens with zero attached hydrogens (tertiary/aromatic N) is 3. The Kier molecular flexibility index (Phi) is 3.30. The minimum absolute atomic E-state index is 0.138. The van der Waals surface area contributed by atoms with Crippen molar-refractivity contribution in [1.82, 2.24) is 15.0 Å². The second kappa shape index (κ2) is 5.26. The number of benzene rings is 1. The monoisotopic (exact) mass is 270 g/mol. The molecule has 20 heavy (non-hydrogen) atoms. The summed E-state index contributed by atoms with van der Waals surface area (Å²) in [7, 11) is 0. The molecule has 0 spiro atoms. The van der Waals surface area contributed by atoms with Crippen LogP contribution in [0.1, 0.15) is 11.1 Å². The van der Waals surface area contributed by atoms with Gasteiger partial charge < -0.3 is 15.8 Å². The third-order valence-electron chi connectivity index (χ3n) is 3.32. The maximum Gasteiger partial charge on any atom is 0.293 e. The summed E-state index contributed by atoms with van der Waals surface area (Å²) in [6.07, 6.45) is 3.94. The van der Waals surface area contributed by atoms with Gasteiger partial charge in [-0.25, -0.2) is 4.57 Å². The molecule has 0 fully saturated rings. The van der Waals surface area contributed by atoms with Crippen LogP contribution < -0.4 is 10.3 Å². The van der Waals surface area contributed by atoms with Crippen molar-refractivity contribution >= 4 is 17.0 Å². The SMILES string of the molecule is Nc1nc[n+](Cc2ccccc2CCO)c2nc[nH]c12. The van der Waals surface area contributed by atoms with Crippen LogP contribution in [0.3, 0.4) is 0 Å². The predicted molar refractivity (Wildman–Crippen MR) is 74.8 cm³/mol. The lowest BCUT2D eigenvalue weighted by atomic mass is 10.0. The fraction of sp³-hybridized carbons (Fsp3) is 0.214. The molecule has 102 valence electrons. The van der Waals surface area contributed by atoms with Gasteiger partial charge in [0.05, 0.1) is 6.54 Å². The quantitative estimate of drug-likeness (QED) is 0.599. The number of fused-ring (bicyclic) bond motifs is 1. The van der Waals surface area contributed by atoms with Gasteiger partial charge in [-0.05, 0) is 17.5 Å². The van der Waals surface area contributed by atoms with Crippen LogP contribution in [0.4, 0.5) is 5.82 Å². The molecular weight excluding hydrogens is 254 g/mol. The lowest BCUT2D eigenvalue weighted by molar-refractivity contribution is -0.667. The van der Waals surface area contributed by atoms with E-state index in [0.717, 1.165) is 22.3 Å². The highest BCUT2D eigenvalue weighted by atomic mass is 16.2. The van der Waals surface area contributed by atoms with Gasteiger partial charge in [0.2, 0.25) is 12.1 Å². The molecule has 0 unspecified atom stereocenters. The van der Waals surface area contributed by atoms with Crippen molar-refractivity contribution in [3.63, 3.8) is 0 Å². The van der Waals surface area contributed by atoms with E-state index in [1.54, 1.807) is 12.7 Å². The van der Waals surface area contributed by atoms with Crippen molar-refractivity contribution in [2.45, 2.75) is 13.0 Å². The standard InChI is InChI=1S/C14H15N5O/c15-13-12-14(17-8-16-12)19(9-18-13)7-11-4-2-1-3-10(11)5-6-20/h1-4,8-9,20H,5-7H2,(H2,15,16,17)/p+1. The van der Waals surface area contributed by atoms with Crippen molar-refractivity contribution in [2.75, 3.05) is 12.3 Å². The second-order valence-electron chi connectivity index (χ2n) is 4.60. The van der Waals surface area contributed by atoms with E-state index in [0.29, 0.717) is 18.8 Å². The maximum absolute atomic E-state index is 9.13. The van der Waals surface area contributed by atoms with Gasteiger partial charge >= 0.3 is 0 Å². The summed E-state index contributed by atoms with van der Waals surface area (Å²) in [6.45, 7) is 0.782. The van der Waals surface area contributed by atoms with E-state index in [2.05, 4.69) is 15.0 Å². The highest BCUT2D eigenvalue weighted by Crippen LogP contribution is 2.12. The smallest absolute Gasteiger partial charge is 0.293 e. The van der Waals surface area contributed by atoms with E-state index < -0.39 is 0 Å². The Labute approximate surface area is 115 Å². The van der Waals surface area contributed by atoms with E-state index in [1.165, 1.54) is 0 Å². The van der Waals surface area contributed by atoms with Gasteiger partial charge in [0.1, 0.15) is 0 Å². The number of imidazole rings is 1. The molecule has 2 heterocycles. The zero-order chi connectivity index (χ0) is 13.9. The molecule has 0 bridgehead atoms. The van der Waals surface area contributed by atoms with Crippen LogP contribution in [0.5, 0.6) is 0 Å². The first-order valence-corrected chi connectivity index (χ1v) is 6.44. The number of nitrogens with two attached hydrogens (primary N) is 1. The van der Waals surface area contributed by atoms with Crippen LogP contribution in [-0.2, 0) is 13.0 Å². The summed E-state index contributed by atoms with van der Waals surface area (Å²) >= 11 is 0. The van der Waals surface area contributed by atoms with Crippen molar-refractivity contribution in [2.24, 2.45) is 0 Å². The van der Waals surface area contributed by atoms with Gasteiger partial charge in [0.15, 0.2) is 11.8 Å². The molecule has 6 nitrogen and oxygen atoms in total. The summed E-state index contributed by atoms with van der Waals surface area (Å²) in [5.74, 6) is 0.442. The molecule has 0 atom stereocenters. The first-order valence-electron chi connectivity index (χ1n) is 6.44. The van der Waals surface area contributed by atoms with Gasteiger partial charge in [-0.3, -0.25) is 0 Å². The molecule has 2 aromatic heterocycles. The van der Waals surface area contributed by atoms with Crippen LogP contribution in [0.25, 0.3) is 11.2 Å². The molecule has 0 saturated carbocycles. The molecule has 0 radical (unpaired) electrons. The van der Waals surface area contributed by atoms with Crippen LogP contribution in [0.15, 0.2) is 36.9 Å². The fourth-order valence-electron chi connectivity index (χ4n) is 2.32. The topological polar surface area (TPSA) is 91.7 Å². The molecular formula is C14H16N5O+. The number of aliphatic hydroxyl groups is 1. The summed E-state index contributed by atoms with van der Waals surface area (Å²) in [5, 5.41) is 9.13. The fourth-order valence-corrected chi connectivity index (χ4v) is 2.32. The maximum atomic E-state index is 9.13. The van der Waals surface area contributed by atoms with E-state index in [4.69, 9.17) is 10.8 Å². The van der Waals surface area contributed by atoms with E-state index in [9.17, 15) is 0 Å². The van der Waals surface area contributed by atoms with Gasteiger partial charge in [-0.1, -0.05) is 34.2 Å². The lowest BCUT2D eigenvalue weighted by Crippen LogP contribution is -2.36. The number of aliphatic hydroxyl groups excluding tert-OH is 1. The number of hydrogen-bond donors (Lipinski definition) is 3. The normalized spacial score (nSPS) is 11.1. The van der Waals surface area contributed by atoms with Crippen molar-refractivity contribution < 1.29 is 9.67 Å². The highest BCUT2D eigenvalue weighted by molar-refractivity contribution is 5.78. The molecule has 1 aromatic carbocycles. The Morgan fingerprint density at radius 3 is 2.80 bits per heavy atom. The largest absolute Gasteiger partial charge is 0.396 e.